The van der Waals surface area contributed by atoms with Crippen molar-refractivity contribution in [2.45, 2.75) is 27.3 Å². The van der Waals surface area contributed by atoms with Crippen molar-refractivity contribution in [1.82, 2.24) is 9.78 Å². The first-order valence-electron chi connectivity index (χ1n) is 6.09. The molecule has 0 fully saturated rings. The second-order valence-electron chi connectivity index (χ2n) is 4.52. The Kier molecular flexibility index (Phi) is 5.58. The highest BCUT2D eigenvalue weighted by Crippen LogP contribution is 2.09. The van der Waals surface area contributed by atoms with Gasteiger partial charge in [-0.05, 0) is 31.3 Å². The van der Waals surface area contributed by atoms with Crippen molar-refractivity contribution in [2.24, 2.45) is 0 Å². The minimum Gasteiger partial charge on any atom is -0.358 e. The van der Waals surface area contributed by atoms with Crippen molar-refractivity contribution >= 4 is 11.6 Å². The standard InChI is InChI=1S/C11H11N3O2.C3H6O/c1-9-2-4-10(5-3-9)8-13-7-6-11(12-13)14(15)16;1-3(2)4/h2-7H,8H2,1H3;1-2H3. The van der Waals surface area contributed by atoms with Gasteiger partial charge in [-0.2, -0.15) is 4.68 Å². The number of nitrogens with zero attached hydrogens (tertiary/aromatic N) is 3. The van der Waals surface area contributed by atoms with E-state index >= 15 is 0 Å². The van der Waals surface area contributed by atoms with Crippen LogP contribution in [0.4, 0.5) is 5.82 Å². The van der Waals surface area contributed by atoms with E-state index in [2.05, 4.69) is 5.10 Å². The molecule has 0 N–H and O–H groups in total. The predicted molar refractivity (Wildman–Crippen MR) is 75.5 cm³/mol. The number of aromatic nitrogens is 2. The van der Waals surface area contributed by atoms with Gasteiger partial charge >= 0.3 is 5.82 Å². The van der Waals surface area contributed by atoms with Gasteiger partial charge < -0.3 is 14.9 Å². The number of aryl methyl sites for hydroxylation is 1. The molecule has 0 radical (unpaired) electrons. The lowest BCUT2D eigenvalue weighted by atomic mass is 10.1. The molecule has 0 unspecified atom stereocenters. The van der Waals surface area contributed by atoms with Gasteiger partial charge in [-0.1, -0.05) is 29.8 Å². The minimum atomic E-state index is -0.494. The van der Waals surface area contributed by atoms with Crippen molar-refractivity contribution in [3.05, 3.63) is 57.8 Å². The van der Waals surface area contributed by atoms with E-state index in [-0.39, 0.29) is 11.6 Å². The van der Waals surface area contributed by atoms with Gasteiger partial charge in [0.05, 0.1) is 23.9 Å². The number of Topliss-reactive ketones (excluding diaryl/α,β-unsaturated/α-hetero) is 1. The summed E-state index contributed by atoms with van der Waals surface area (Å²) in [5, 5.41) is 14.3. The fraction of sp³-hybridized carbons (Fsp3) is 0.286. The third-order valence-corrected chi connectivity index (χ3v) is 2.28. The average molecular weight is 275 g/mol. The third-order valence-electron chi connectivity index (χ3n) is 2.28. The Labute approximate surface area is 117 Å². The number of rotatable bonds is 3. The first kappa shape index (κ1) is 15.6. The van der Waals surface area contributed by atoms with E-state index < -0.39 is 4.92 Å². The Morgan fingerprint density at radius 2 is 1.80 bits per heavy atom. The predicted octanol–water partition coefficient (Wildman–Crippen LogP) is 2.74. The minimum absolute atomic E-state index is 0.118. The molecule has 0 bridgehead atoms. The van der Waals surface area contributed by atoms with E-state index in [1.54, 1.807) is 10.9 Å². The molecular weight excluding hydrogens is 258 g/mol. The quantitative estimate of drug-likeness (QED) is 0.637. The maximum atomic E-state index is 10.4. The molecule has 6 heteroatoms. The van der Waals surface area contributed by atoms with E-state index in [1.165, 1.54) is 25.5 Å². The molecule has 0 aliphatic carbocycles. The monoisotopic (exact) mass is 275 g/mol. The van der Waals surface area contributed by atoms with Crippen LogP contribution in [0.25, 0.3) is 0 Å². The molecule has 6 nitrogen and oxygen atoms in total. The van der Waals surface area contributed by atoms with Crippen molar-refractivity contribution in [1.29, 1.82) is 0 Å². The summed E-state index contributed by atoms with van der Waals surface area (Å²) in [5.74, 6) is 0.0483. The summed E-state index contributed by atoms with van der Waals surface area (Å²) >= 11 is 0. The molecule has 1 heterocycles. The van der Waals surface area contributed by atoms with Crippen LogP contribution in [0.2, 0.25) is 0 Å². The number of ketones is 1. The maximum absolute atomic E-state index is 10.4. The van der Waals surface area contributed by atoms with Crippen LogP contribution in [0.15, 0.2) is 36.5 Å². The molecule has 2 aromatic rings. The van der Waals surface area contributed by atoms with Crippen LogP contribution in [-0.4, -0.2) is 20.5 Å². The van der Waals surface area contributed by atoms with Crippen molar-refractivity contribution < 1.29 is 9.72 Å². The first-order valence-corrected chi connectivity index (χ1v) is 6.09. The van der Waals surface area contributed by atoms with Crippen molar-refractivity contribution in [2.75, 3.05) is 0 Å². The zero-order valence-electron chi connectivity index (χ0n) is 11.7. The van der Waals surface area contributed by atoms with Crippen LogP contribution < -0.4 is 0 Å². The van der Waals surface area contributed by atoms with Gasteiger partial charge in [0.1, 0.15) is 5.78 Å². The fourth-order valence-corrected chi connectivity index (χ4v) is 1.42. The van der Waals surface area contributed by atoms with Crippen LogP contribution in [0.3, 0.4) is 0 Å². The third kappa shape index (κ3) is 5.43. The first-order chi connectivity index (χ1) is 9.38. The summed E-state index contributed by atoms with van der Waals surface area (Å²) in [6.45, 7) is 5.62. The number of carbonyl (C=O) groups excluding carboxylic acids is 1. The Morgan fingerprint density at radius 3 is 2.25 bits per heavy atom. The van der Waals surface area contributed by atoms with Gasteiger partial charge in [0.2, 0.25) is 0 Å². The topological polar surface area (TPSA) is 78.0 Å². The normalized spacial score (nSPS) is 9.55. The van der Waals surface area contributed by atoms with Gasteiger partial charge in [0.25, 0.3) is 0 Å². The Morgan fingerprint density at radius 1 is 1.25 bits per heavy atom. The Bertz CT molecular complexity index is 584. The van der Waals surface area contributed by atoms with Crippen molar-refractivity contribution in [3.63, 3.8) is 0 Å². The van der Waals surface area contributed by atoms with E-state index in [4.69, 9.17) is 0 Å². The molecule has 0 saturated heterocycles. The fourth-order valence-electron chi connectivity index (χ4n) is 1.42. The lowest BCUT2D eigenvalue weighted by Crippen LogP contribution is -2.01. The molecular formula is C14H17N3O3. The number of hydrogen-bond donors (Lipinski definition) is 0. The summed E-state index contributed by atoms with van der Waals surface area (Å²) in [7, 11) is 0. The van der Waals surface area contributed by atoms with Gasteiger partial charge in [0, 0.05) is 0 Å². The molecule has 0 saturated carbocycles. The Balaban J connectivity index is 0.000000444. The number of nitro groups is 1. The summed E-state index contributed by atoms with van der Waals surface area (Å²) < 4.78 is 1.56. The molecule has 2 rings (SSSR count). The van der Waals surface area contributed by atoms with Crippen LogP contribution in [0.1, 0.15) is 25.0 Å². The van der Waals surface area contributed by atoms with E-state index in [0.717, 1.165) is 5.56 Å². The van der Waals surface area contributed by atoms with E-state index in [1.807, 2.05) is 31.2 Å². The summed E-state index contributed by atoms with van der Waals surface area (Å²) in [5.41, 5.74) is 2.26. The summed E-state index contributed by atoms with van der Waals surface area (Å²) in [6.07, 6.45) is 1.61. The SMILES string of the molecule is CC(C)=O.Cc1ccc(Cn2ccc([N+](=O)[O-])n2)cc1. The zero-order chi connectivity index (χ0) is 15.1. The zero-order valence-corrected chi connectivity index (χ0v) is 11.7. The second kappa shape index (κ2) is 7.18. The molecule has 0 spiro atoms. The average Bonchev–Trinajstić information content (AvgIpc) is 2.80. The van der Waals surface area contributed by atoms with Gasteiger partial charge in [-0.25, -0.2) is 0 Å². The van der Waals surface area contributed by atoms with Gasteiger partial charge in [0.15, 0.2) is 0 Å². The molecule has 1 aromatic carbocycles. The van der Waals surface area contributed by atoms with Crippen molar-refractivity contribution in [3.8, 4) is 0 Å². The number of benzene rings is 1. The summed E-state index contributed by atoms with van der Waals surface area (Å²) in [6, 6.07) is 9.39. The van der Waals surface area contributed by atoms with E-state index in [9.17, 15) is 14.9 Å². The highest BCUT2D eigenvalue weighted by molar-refractivity contribution is 5.72. The summed E-state index contributed by atoms with van der Waals surface area (Å²) in [4.78, 5) is 19.4. The van der Waals surface area contributed by atoms with Crippen LogP contribution >= 0.6 is 0 Å². The highest BCUT2D eigenvalue weighted by atomic mass is 16.6. The molecule has 0 atom stereocenters. The molecule has 0 amide bonds. The van der Waals surface area contributed by atoms with E-state index in [0.29, 0.717) is 6.54 Å². The number of carbonyl (C=O) groups is 1. The lowest BCUT2D eigenvalue weighted by Gasteiger charge is -1.98. The molecule has 106 valence electrons. The van der Waals surface area contributed by atoms with Gasteiger partial charge in [-0.15, -0.1) is 0 Å². The van der Waals surface area contributed by atoms with Crippen LogP contribution in [-0.2, 0) is 11.3 Å². The molecule has 1 aromatic heterocycles. The lowest BCUT2D eigenvalue weighted by molar-refractivity contribution is -0.389. The van der Waals surface area contributed by atoms with Crippen LogP contribution in [0.5, 0.6) is 0 Å². The highest BCUT2D eigenvalue weighted by Gasteiger charge is 2.10. The maximum Gasteiger partial charge on any atom is 0.389 e. The second-order valence-corrected chi connectivity index (χ2v) is 4.52. The Hall–Kier alpha value is -2.50. The number of hydrogen-bond acceptors (Lipinski definition) is 4. The molecule has 20 heavy (non-hydrogen) atoms. The van der Waals surface area contributed by atoms with Crippen LogP contribution in [0, 0.1) is 17.0 Å². The molecule has 0 aliphatic rings. The largest absolute Gasteiger partial charge is 0.389 e. The smallest absolute Gasteiger partial charge is 0.358 e. The van der Waals surface area contributed by atoms with Gasteiger partial charge in [-0.3, -0.25) is 0 Å². The molecule has 0 aliphatic heterocycles.